The summed E-state index contributed by atoms with van der Waals surface area (Å²) in [6.07, 6.45) is 4.62. The Morgan fingerprint density at radius 3 is 2.13 bits per heavy atom. The van der Waals surface area contributed by atoms with Gasteiger partial charge in [-0.3, -0.25) is 0 Å². The standard InChI is InChI=1S/C11H12N2P2/c14-7-8-5-12-11(13-6-8)9-1-3-10(15)4-2-9/h1-6H,7,14-15H2. The fraction of sp³-hybridized carbons (Fsp3) is 0.0909. The summed E-state index contributed by atoms with van der Waals surface area (Å²) in [7, 11) is 5.32. The predicted molar refractivity (Wildman–Crippen MR) is 70.2 cm³/mol. The first kappa shape index (κ1) is 10.7. The van der Waals surface area contributed by atoms with Crippen LogP contribution in [0.4, 0.5) is 0 Å². The van der Waals surface area contributed by atoms with Gasteiger partial charge < -0.3 is 0 Å². The van der Waals surface area contributed by atoms with Gasteiger partial charge in [0.2, 0.25) is 0 Å². The molecule has 2 unspecified atom stereocenters. The van der Waals surface area contributed by atoms with Crippen molar-refractivity contribution in [2.75, 3.05) is 0 Å². The molecule has 0 bridgehead atoms. The van der Waals surface area contributed by atoms with E-state index >= 15 is 0 Å². The van der Waals surface area contributed by atoms with Gasteiger partial charge in [0, 0.05) is 18.0 Å². The number of rotatable bonds is 2. The first-order valence-electron chi connectivity index (χ1n) is 4.66. The van der Waals surface area contributed by atoms with Crippen LogP contribution in [-0.4, -0.2) is 9.97 Å². The topological polar surface area (TPSA) is 25.8 Å². The van der Waals surface area contributed by atoms with E-state index in [0.717, 1.165) is 23.1 Å². The van der Waals surface area contributed by atoms with Crippen LogP contribution in [0.5, 0.6) is 0 Å². The molecule has 0 N–H and O–H groups in total. The third-order valence-electron chi connectivity index (χ3n) is 2.11. The van der Waals surface area contributed by atoms with E-state index < -0.39 is 0 Å². The van der Waals surface area contributed by atoms with Crippen LogP contribution < -0.4 is 5.30 Å². The van der Waals surface area contributed by atoms with Crippen molar-refractivity contribution in [1.29, 1.82) is 0 Å². The van der Waals surface area contributed by atoms with Crippen molar-refractivity contribution in [3.05, 3.63) is 42.2 Å². The number of benzene rings is 1. The highest BCUT2D eigenvalue weighted by molar-refractivity contribution is 7.27. The average Bonchev–Trinajstić information content (AvgIpc) is 2.30. The Balaban J connectivity index is 2.33. The normalized spacial score (nSPS) is 10.3. The second-order valence-electron chi connectivity index (χ2n) is 3.24. The third-order valence-corrected chi connectivity index (χ3v) is 2.97. The second-order valence-corrected chi connectivity index (χ2v) is 4.32. The minimum absolute atomic E-state index is 0.780. The molecule has 2 atom stereocenters. The highest BCUT2D eigenvalue weighted by atomic mass is 31.0. The van der Waals surface area contributed by atoms with Crippen LogP contribution in [0.1, 0.15) is 5.56 Å². The lowest BCUT2D eigenvalue weighted by Gasteiger charge is -2.01. The summed E-state index contributed by atoms with van der Waals surface area (Å²) >= 11 is 0. The Morgan fingerprint density at radius 1 is 1.00 bits per heavy atom. The lowest BCUT2D eigenvalue weighted by Crippen LogP contribution is -1.93. The summed E-state index contributed by atoms with van der Waals surface area (Å²) in [5, 5.41) is 1.17. The Kier molecular flexibility index (Phi) is 3.41. The summed E-state index contributed by atoms with van der Waals surface area (Å²) in [5.41, 5.74) is 2.18. The van der Waals surface area contributed by atoms with E-state index in [2.05, 4.69) is 28.4 Å². The molecule has 76 valence electrons. The van der Waals surface area contributed by atoms with Gasteiger partial charge in [-0.2, -0.15) is 0 Å². The van der Waals surface area contributed by atoms with Crippen LogP contribution in [0.25, 0.3) is 11.4 Å². The quantitative estimate of drug-likeness (QED) is 0.743. The van der Waals surface area contributed by atoms with E-state index in [1.807, 2.05) is 36.7 Å². The molecule has 0 aliphatic carbocycles. The van der Waals surface area contributed by atoms with Crippen LogP contribution in [0.3, 0.4) is 0 Å². The Labute approximate surface area is 94.0 Å². The van der Waals surface area contributed by atoms with Gasteiger partial charge in [-0.15, -0.1) is 18.5 Å². The molecule has 0 amide bonds. The zero-order chi connectivity index (χ0) is 10.7. The molecule has 0 radical (unpaired) electrons. The fourth-order valence-electron chi connectivity index (χ4n) is 1.24. The van der Waals surface area contributed by atoms with Crippen LogP contribution in [0.15, 0.2) is 36.7 Å². The van der Waals surface area contributed by atoms with Gasteiger partial charge >= 0.3 is 0 Å². The number of aromatic nitrogens is 2. The molecule has 0 saturated carbocycles. The maximum Gasteiger partial charge on any atom is 0.159 e. The van der Waals surface area contributed by atoms with Gasteiger partial charge in [-0.1, -0.05) is 24.3 Å². The molecule has 0 saturated heterocycles. The Bertz CT molecular complexity index is 437. The molecule has 0 aliphatic rings. The summed E-state index contributed by atoms with van der Waals surface area (Å²) in [5.74, 6) is 0.780. The first-order valence-corrected chi connectivity index (χ1v) is 6.06. The zero-order valence-corrected chi connectivity index (χ0v) is 10.5. The highest BCUT2D eigenvalue weighted by Gasteiger charge is 1.99. The van der Waals surface area contributed by atoms with Crippen molar-refractivity contribution in [1.82, 2.24) is 9.97 Å². The van der Waals surface area contributed by atoms with Crippen molar-refractivity contribution in [2.24, 2.45) is 0 Å². The van der Waals surface area contributed by atoms with Crippen molar-refractivity contribution in [3.8, 4) is 11.4 Å². The van der Waals surface area contributed by atoms with E-state index in [4.69, 9.17) is 0 Å². The van der Waals surface area contributed by atoms with E-state index in [0.29, 0.717) is 0 Å². The van der Waals surface area contributed by atoms with Gasteiger partial charge in [0.25, 0.3) is 0 Å². The van der Waals surface area contributed by atoms with Crippen molar-refractivity contribution in [3.63, 3.8) is 0 Å². The summed E-state index contributed by atoms with van der Waals surface area (Å²) < 4.78 is 0. The second kappa shape index (κ2) is 4.79. The summed E-state index contributed by atoms with van der Waals surface area (Å²) in [4.78, 5) is 8.64. The SMILES string of the molecule is PCc1cnc(-c2ccc(P)cc2)nc1. The average molecular weight is 234 g/mol. The minimum atomic E-state index is 0.780. The van der Waals surface area contributed by atoms with Gasteiger partial charge in [0.15, 0.2) is 5.82 Å². The lowest BCUT2D eigenvalue weighted by molar-refractivity contribution is 1.13. The molecule has 4 heteroatoms. The van der Waals surface area contributed by atoms with Crippen LogP contribution in [-0.2, 0) is 6.16 Å². The number of hydrogen-bond acceptors (Lipinski definition) is 2. The molecule has 2 rings (SSSR count). The molecule has 0 aliphatic heterocycles. The maximum atomic E-state index is 4.32. The summed E-state index contributed by atoms with van der Waals surface area (Å²) in [6, 6.07) is 8.12. The molecular weight excluding hydrogens is 222 g/mol. The van der Waals surface area contributed by atoms with Gasteiger partial charge in [0.1, 0.15) is 0 Å². The molecule has 15 heavy (non-hydrogen) atoms. The number of hydrogen-bond donors (Lipinski definition) is 0. The van der Waals surface area contributed by atoms with E-state index in [1.165, 1.54) is 5.30 Å². The smallest absolute Gasteiger partial charge is 0.159 e. The molecule has 2 nitrogen and oxygen atoms in total. The predicted octanol–water partition coefficient (Wildman–Crippen LogP) is 2.02. The van der Waals surface area contributed by atoms with Gasteiger partial charge in [-0.25, -0.2) is 9.97 Å². The fourth-order valence-corrected chi connectivity index (χ4v) is 1.64. The van der Waals surface area contributed by atoms with Crippen LogP contribution in [0.2, 0.25) is 0 Å². The monoisotopic (exact) mass is 234 g/mol. The van der Waals surface area contributed by atoms with Gasteiger partial charge in [0.05, 0.1) is 0 Å². The van der Waals surface area contributed by atoms with E-state index in [9.17, 15) is 0 Å². The molecule has 2 aromatic rings. The largest absolute Gasteiger partial charge is 0.236 e. The molecule has 0 spiro atoms. The molecule has 1 heterocycles. The third kappa shape index (κ3) is 2.59. The molecule has 1 aromatic carbocycles. The van der Waals surface area contributed by atoms with Crippen molar-refractivity contribution < 1.29 is 0 Å². The van der Waals surface area contributed by atoms with Crippen LogP contribution >= 0.6 is 18.5 Å². The minimum Gasteiger partial charge on any atom is -0.236 e. The number of nitrogens with zero attached hydrogens (tertiary/aromatic N) is 2. The molecule has 0 fully saturated rings. The lowest BCUT2D eigenvalue weighted by atomic mass is 10.2. The summed E-state index contributed by atoms with van der Waals surface area (Å²) in [6.45, 7) is 0. The Hall–Kier alpha value is -0.840. The molecular formula is C11H12N2P2. The van der Waals surface area contributed by atoms with Crippen molar-refractivity contribution >= 4 is 23.8 Å². The van der Waals surface area contributed by atoms with E-state index in [1.54, 1.807) is 0 Å². The molecule has 1 aromatic heterocycles. The van der Waals surface area contributed by atoms with Gasteiger partial charge in [-0.05, 0) is 17.0 Å². The van der Waals surface area contributed by atoms with Crippen LogP contribution in [0, 0.1) is 0 Å². The first-order chi connectivity index (χ1) is 7.29. The Morgan fingerprint density at radius 2 is 1.60 bits per heavy atom. The van der Waals surface area contributed by atoms with Crippen molar-refractivity contribution in [2.45, 2.75) is 6.16 Å². The highest BCUT2D eigenvalue weighted by Crippen LogP contribution is 2.13. The van der Waals surface area contributed by atoms with E-state index in [-0.39, 0.29) is 0 Å². The zero-order valence-electron chi connectivity index (χ0n) is 8.22. The maximum absolute atomic E-state index is 4.32.